The molecule has 2 aromatic carbocycles. The monoisotopic (exact) mass is 303 g/mol. The van der Waals surface area contributed by atoms with Gasteiger partial charge in [-0.05, 0) is 36.9 Å². The molecule has 0 radical (unpaired) electrons. The Morgan fingerprint density at radius 3 is 2.77 bits per heavy atom. The third-order valence-electron chi connectivity index (χ3n) is 3.48. The molecule has 4 nitrogen and oxygen atoms in total. The molecule has 0 aliphatic carbocycles. The van der Waals surface area contributed by atoms with Gasteiger partial charge in [0, 0.05) is 19.2 Å². The second kappa shape index (κ2) is 6.23. The van der Waals surface area contributed by atoms with Crippen LogP contribution in [0.25, 0.3) is 0 Å². The lowest BCUT2D eigenvalue weighted by Gasteiger charge is -2.29. The summed E-state index contributed by atoms with van der Waals surface area (Å²) in [5, 5.41) is 9.43. The second-order valence-electron chi connectivity index (χ2n) is 5.51. The number of benzene rings is 2. The molecule has 22 heavy (non-hydrogen) atoms. The van der Waals surface area contributed by atoms with Crippen molar-refractivity contribution >= 4 is 0 Å². The van der Waals surface area contributed by atoms with Gasteiger partial charge in [0.25, 0.3) is 0 Å². The van der Waals surface area contributed by atoms with Crippen LogP contribution >= 0.6 is 0 Å². The summed E-state index contributed by atoms with van der Waals surface area (Å²) in [5.74, 6) is 1.01. The van der Waals surface area contributed by atoms with E-state index in [0.717, 1.165) is 23.1 Å². The molecule has 1 N–H and O–H groups in total. The zero-order chi connectivity index (χ0) is 15.5. The zero-order valence-electron chi connectivity index (χ0n) is 12.3. The molecule has 3 rings (SSSR count). The third kappa shape index (κ3) is 3.49. The highest BCUT2D eigenvalue weighted by Gasteiger charge is 2.21. The molecule has 1 heterocycles. The Bertz CT molecular complexity index is 642. The van der Waals surface area contributed by atoms with Gasteiger partial charge >= 0.3 is 0 Å². The number of hydrogen-bond donors (Lipinski definition) is 1. The molecular formula is C17H18FNO3. The topological polar surface area (TPSA) is 41.9 Å². The van der Waals surface area contributed by atoms with Crippen LogP contribution in [0.2, 0.25) is 0 Å². The summed E-state index contributed by atoms with van der Waals surface area (Å²) in [6, 6.07) is 11.7. The highest BCUT2D eigenvalue weighted by atomic mass is 19.1. The lowest BCUT2D eigenvalue weighted by Crippen LogP contribution is -2.39. The smallest absolute Gasteiger partial charge is 0.161 e. The lowest BCUT2D eigenvalue weighted by atomic mass is 10.2. The molecule has 0 spiro atoms. The third-order valence-corrected chi connectivity index (χ3v) is 3.48. The number of nitrogens with zero attached hydrogens (tertiary/aromatic N) is 1. The van der Waals surface area contributed by atoms with Crippen LogP contribution < -0.4 is 9.47 Å². The van der Waals surface area contributed by atoms with Gasteiger partial charge in [-0.1, -0.05) is 12.1 Å². The molecule has 1 unspecified atom stereocenters. The van der Waals surface area contributed by atoms with E-state index < -0.39 is 5.82 Å². The van der Waals surface area contributed by atoms with Crippen molar-refractivity contribution in [1.29, 1.82) is 0 Å². The fourth-order valence-corrected chi connectivity index (χ4v) is 2.60. The Kier molecular flexibility index (Phi) is 4.15. The molecule has 0 amide bonds. The summed E-state index contributed by atoms with van der Waals surface area (Å²) in [6.45, 7) is 1.65. The van der Waals surface area contributed by atoms with Crippen molar-refractivity contribution < 1.29 is 19.0 Å². The molecule has 0 saturated heterocycles. The van der Waals surface area contributed by atoms with E-state index in [4.69, 9.17) is 9.47 Å². The molecule has 116 valence electrons. The molecule has 0 bridgehead atoms. The van der Waals surface area contributed by atoms with Gasteiger partial charge in [-0.15, -0.1) is 0 Å². The van der Waals surface area contributed by atoms with Crippen LogP contribution in [0, 0.1) is 5.82 Å². The molecule has 5 heteroatoms. The van der Waals surface area contributed by atoms with Gasteiger partial charge in [-0.3, -0.25) is 4.90 Å². The SMILES string of the molecule is CN(Cc1cc(O)cc(F)c1)CC1COc2ccccc2O1. The number of aromatic hydroxyl groups is 1. The van der Waals surface area contributed by atoms with Crippen LogP contribution in [0.4, 0.5) is 4.39 Å². The second-order valence-corrected chi connectivity index (χ2v) is 5.51. The first-order chi connectivity index (χ1) is 10.6. The quantitative estimate of drug-likeness (QED) is 0.943. The Morgan fingerprint density at radius 2 is 2.00 bits per heavy atom. The Hall–Kier alpha value is -2.27. The predicted molar refractivity (Wildman–Crippen MR) is 80.8 cm³/mol. The fourth-order valence-electron chi connectivity index (χ4n) is 2.60. The van der Waals surface area contributed by atoms with Crippen molar-refractivity contribution in [1.82, 2.24) is 4.90 Å². The van der Waals surface area contributed by atoms with E-state index >= 15 is 0 Å². The number of rotatable bonds is 4. The van der Waals surface area contributed by atoms with Gasteiger partial charge in [-0.2, -0.15) is 0 Å². The Balaban J connectivity index is 1.59. The number of hydrogen-bond acceptors (Lipinski definition) is 4. The van der Waals surface area contributed by atoms with Gasteiger partial charge in [0.2, 0.25) is 0 Å². The molecule has 1 aliphatic heterocycles. The van der Waals surface area contributed by atoms with Gasteiger partial charge < -0.3 is 14.6 Å². The lowest BCUT2D eigenvalue weighted by molar-refractivity contribution is 0.0638. The predicted octanol–water partition coefficient (Wildman–Crippen LogP) is 2.80. The number of ether oxygens (including phenoxy) is 2. The van der Waals surface area contributed by atoms with Gasteiger partial charge in [0.1, 0.15) is 24.3 Å². The molecule has 1 aliphatic rings. The van der Waals surface area contributed by atoms with Crippen LogP contribution in [-0.2, 0) is 6.54 Å². The van der Waals surface area contributed by atoms with Crippen molar-refractivity contribution in [3.05, 3.63) is 53.8 Å². The highest BCUT2D eigenvalue weighted by molar-refractivity contribution is 5.40. The standard InChI is InChI=1S/C17H18FNO3/c1-19(9-12-6-13(18)8-14(20)7-12)10-15-11-21-16-4-2-3-5-17(16)22-15/h2-8,15,20H,9-11H2,1H3. The number of phenols is 1. The average molecular weight is 303 g/mol. The van der Waals surface area contributed by atoms with E-state index in [2.05, 4.69) is 0 Å². The summed E-state index contributed by atoms with van der Waals surface area (Å²) in [6.07, 6.45) is -0.0814. The van der Waals surface area contributed by atoms with E-state index in [9.17, 15) is 9.50 Å². The van der Waals surface area contributed by atoms with Crippen molar-refractivity contribution in [2.45, 2.75) is 12.6 Å². The number of phenolic OH excluding ortho intramolecular Hbond substituents is 1. The van der Waals surface area contributed by atoms with Crippen LogP contribution in [0.1, 0.15) is 5.56 Å². The maximum Gasteiger partial charge on any atom is 0.161 e. The normalized spacial score (nSPS) is 16.8. The molecule has 0 fully saturated rings. The van der Waals surface area contributed by atoms with Gasteiger partial charge in [0.05, 0.1) is 0 Å². The first kappa shape index (κ1) is 14.7. The van der Waals surface area contributed by atoms with Crippen LogP contribution in [-0.4, -0.2) is 36.3 Å². The van der Waals surface area contributed by atoms with Gasteiger partial charge in [0.15, 0.2) is 11.5 Å². The number of fused-ring (bicyclic) bond motifs is 1. The van der Waals surface area contributed by atoms with Crippen molar-refractivity contribution in [3.8, 4) is 17.2 Å². The minimum atomic E-state index is -0.436. The maximum atomic E-state index is 13.3. The van der Waals surface area contributed by atoms with Gasteiger partial charge in [-0.25, -0.2) is 4.39 Å². The van der Waals surface area contributed by atoms with E-state index in [0.29, 0.717) is 19.7 Å². The van der Waals surface area contributed by atoms with Crippen molar-refractivity contribution in [2.75, 3.05) is 20.2 Å². The van der Waals surface area contributed by atoms with E-state index in [-0.39, 0.29) is 11.9 Å². The first-order valence-electron chi connectivity index (χ1n) is 7.15. The Labute approximate surface area is 128 Å². The van der Waals surface area contributed by atoms with Crippen LogP contribution in [0.3, 0.4) is 0 Å². The highest BCUT2D eigenvalue weighted by Crippen LogP contribution is 2.31. The maximum absolute atomic E-state index is 13.3. The van der Waals surface area contributed by atoms with Crippen LogP contribution in [0.15, 0.2) is 42.5 Å². The van der Waals surface area contributed by atoms with E-state index in [1.54, 1.807) is 6.07 Å². The molecule has 0 saturated carbocycles. The van der Waals surface area contributed by atoms with E-state index in [1.165, 1.54) is 6.07 Å². The minimum Gasteiger partial charge on any atom is -0.508 e. The summed E-state index contributed by atoms with van der Waals surface area (Å²) >= 11 is 0. The average Bonchev–Trinajstić information content (AvgIpc) is 2.45. The van der Waals surface area contributed by atoms with E-state index in [1.807, 2.05) is 36.2 Å². The molecule has 2 aromatic rings. The first-order valence-corrected chi connectivity index (χ1v) is 7.15. The summed E-state index contributed by atoms with van der Waals surface area (Å²) in [4.78, 5) is 2.01. The molecule has 1 atom stereocenters. The minimum absolute atomic E-state index is 0.0606. The Morgan fingerprint density at radius 1 is 1.23 bits per heavy atom. The summed E-state index contributed by atoms with van der Waals surface area (Å²) in [7, 11) is 1.92. The number of likely N-dealkylation sites (N-methyl/N-ethyl adjacent to an activating group) is 1. The summed E-state index contributed by atoms with van der Waals surface area (Å²) < 4.78 is 24.9. The molecular weight excluding hydrogens is 285 g/mol. The summed E-state index contributed by atoms with van der Waals surface area (Å²) in [5.41, 5.74) is 0.720. The number of halogens is 1. The number of para-hydroxylation sites is 2. The zero-order valence-corrected chi connectivity index (χ0v) is 12.3. The molecule has 0 aromatic heterocycles. The van der Waals surface area contributed by atoms with Crippen molar-refractivity contribution in [3.63, 3.8) is 0 Å². The largest absolute Gasteiger partial charge is 0.508 e. The van der Waals surface area contributed by atoms with Crippen LogP contribution in [0.5, 0.6) is 17.2 Å². The fraction of sp³-hybridized carbons (Fsp3) is 0.294. The van der Waals surface area contributed by atoms with Crippen molar-refractivity contribution in [2.24, 2.45) is 0 Å².